The molecule has 0 aromatic carbocycles. The molecule has 1 heterocycles. The Morgan fingerprint density at radius 3 is 2.69 bits per heavy atom. The highest BCUT2D eigenvalue weighted by molar-refractivity contribution is 6.74. The first-order chi connectivity index (χ1) is 12.2. The van der Waals surface area contributed by atoms with Gasteiger partial charge in [0, 0.05) is 19.1 Å². The molecular formula is C21H36O4Si. The van der Waals surface area contributed by atoms with Crippen LogP contribution in [0.25, 0.3) is 0 Å². The number of carbonyl (C=O) groups excluding carboxylic acids is 1. The van der Waals surface area contributed by atoms with Crippen molar-refractivity contribution in [3.05, 3.63) is 11.6 Å². The van der Waals surface area contributed by atoms with Crippen LogP contribution in [0.5, 0.6) is 0 Å². The molecule has 1 saturated heterocycles. The molecule has 0 bridgehead atoms. The first kappa shape index (κ1) is 20.2. The summed E-state index contributed by atoms with van der Waals surface area (Å²) in [4.78, 5) is 11.2. The van der Waals surface area contributed by atoms with Crippen LogP contribution < -0.4 is 0 Å². The fourth-order valence-corrected chi connectivity index (χ4v) is 5.37. The second-order valence-corrected chi connectivity index (χ2v) is 14.6. The molecule has 4 nitrogen and oxygen atoms in total. The topological polar surface area (TPSA) is 44.8 Å². The third-order valence-corrected chi connectivity index (χ3v) is 11.5. The zero-order chi connectivity index (χ0) is 18.9. The Hall–Kier alpha value is -0.493. The number of allylic oxidation sites excluding steroid dienone is 2. The van der Waals surface area contributed by atoms with E-state index in [1.165, 1.54) is 6.42 Å². The van der Waals surface area contributed by atoms with Gasteiger partial charge in [-0.2, -0.15) is 0 Å². The van der Waals surface area contributed by atoms with Gasteiger partial charge in [-0.15, -0.1) is 0 Å². The lowest BCUT2D eigenvalue weighted by Gasteiger charge is -2.38. The SMILES string of the molecule is CC(C)(C)[Si](C)(C)OC[C@@H]1[C@H]2CC(C=O)=C[C@H]2C[C@H]1OC1CCCCO1. The molecule has 0 spiro atoms. The minimum absolute atomic E-state index is 0.0579. The number of hydrogen-bond donors (Lipinski definition) is 0. The largest absolute Gasteiger partial charge is 0.416 e. The Bertz CT molecular complexity index is 531. The Kier molecular flexibility index (Phi) is 6.12. The molecule has 0 aromatic rings. The van der Waals surface area contributed by atoms with Gasteiger partial charge in [0.15, 0.2) is 14.6 Å². The van der Waals surface area contributed by atoms with Crippen molar-refractivity contribution in [2.75, 3.05) is 13.2 Å². The predicted octanol–water partition coefficient (Wildman–Crippen LogP) is 4.70. The van der Waals surface area contributed by atoms with Gasteiger partial charge in [-0.05, 0) is 67.6 Å². The Morgan fingerprint density at radius 1 is 1.31 bits per heavy atom. The molecular weight excluding hydrogens is 344 g/mol. The molecule has 2 fully saturated rings. The lowest BCUT2D eigenvalue weighted by Crippen LogP contribution is -2.44. The molecule has 0 radical (unpaired) electrons. The van der Waals surface area contributed by atoms with Gasteiger partial charge in [-0.1, -0.05) is 26.8 Å². The van der Waals surface area contributed by atoms with E-state index in [9.17, 15) is 4.79 Å². The molecule has 5 heteroatoms. The van der Waals surface area contributed by atoms with E-state index < -0.39 is 8.32 Å². The summed E-state index contributed by atoms with van der Waals surface area (Å²) in [6.45, 7) is 13.0. The summed E-state index contributed by atoms with van der Waals surface area (Å²) >= 11 is 0. The predicted molar refractivity (Wildman–Crippen MR) is 105 cm³/mol. The molecule has 3 rings (SSSR count). The molecule has 1 aliphatic heterocycles. The van der Waals surface area contributed by atoms with Gasteiger partial charge in [0.05, 0.1) is 6.10 Å². The maximum atomic E-state index is 11.2. The lowest BCUT2D eigenvalue weighted by molar-refractivity contribution is -0.197. The van der Waals surface area contributed by atoms with E-state index in [4.69, 9.17) is 13.9 Å². The van der Waals surface area contributed by atoms with Crippen LogP contribution in [-0.4, -0.2) is 40.2 Å². The van der Waals surface area contributed by atoms with Gasteiger partial charge in [0.1, 0.15) is 6.29 Å². The van der Waals surface area contributed by atoms with E-state index in [0.29, 0.717) is 17.8 Å². The molecule has 2 aliphatic carbocycles. The Balaban J connectivity index is 1.68. The van der Waals surface area contributed by atoms with Crippen molar-refractivity contribution in [3.63, 3.8) is 0 Å². The first-order valence-electron chi connectivity index (χ1n) is 10.3. The Labute approximate surface area is 159 Å². The van der Waals surface area contributed by atoms with Crippen LogP contribution in [0, 0.1) is 17.8 Å². The lowest BCUT2D eigenvalue weighted by atomic mass is 9.90. The highest BCUT2D eigenvalue weighted by Gasteiger charge is 2.48. The number of aldehydes is 1. The van der Waals surface area contributed by atoms with Crippen molar-refractivity contribution in [1.82, 2.24) is 0 Å². The Morgan fingerprint density at radius 2 is 2.08 bits per heavy atom. The maximum Gasteiger partial charge on any atom is 0.191 e. The summed E-state index contributed by atoms with van der Waals surface area (Å²) in [5, 5.41) is 0.204. The van der Waals surface area contributed by atoms with E-state index in [0.717, 1.165) is 50.8 Å². The molecule has 0 N–H and O–H groups in total. The first-order valence-corrected chi connectivity index (χ1v) is 13.2. The molecule has 148 valence electrons. The van der Waals surface area contributed by atoms with Gasteiger partial charge in [-0.3, -0.25) is 4.79 Å². The van der Waals surface area contributed by atoms with Crippen molar-refractivity contribution < 1.29 is 18.7 Å². The van der Waals surface area contributed by atoms with Crippen LogP contribution in [0.2, 0.25) is 18.1 Å². The number of rotatable bonds is 6. The number of carbonyl (C=O) groups is 1. The van der Waals surface area contributed by atoms with Crippen LogP contribution in [0.15, 0.2) is 11.6 Å². The summed E-state index contributed by atoms with van der Waals surface area (Å²) in [7, 11) is -1.80. The fraction of sp³-hybridized carbons (Fsp3) is 0.857. The fourth-order valence-electron chi connectivity index (χ4n) is 4.33. The number of hydrogen-bond acceptors (Lipinski definition) is 4. The number of ether oxygens (including phenoxy) is 2. The molecule has 0 aromatic heterocycles. The van der Waals surface area contributed by atoms with E-state index in [1.54, 1.807) is 0 Å². The summed E-state index contributed by atoms with van der Waals surface area (Å²) in [6, 6.07) is 0. The van der Waals surface area contributed by atoms with E-state index in [-0.39, 0.29) is 17.4 Å². The second kappa shape index (κ2) is 7.86. The van der Waals surface area contributed by atoms with E-state index in [1.807, 2.05) is 0 Å². The zero-order valence-electron chi connectivity index (χ0n) is 17.1. The smallest absolute Gasteiger partial charge is 0.191 e. The van der Waals surface area contributed by atoms with Gasteiger partial charge >= 0.3 is 0 Å². The van der Waals surface area contributed by atoms with Gasteiger partial charge in [-0.25, -0.2) is 0 Å². The molecule has 26 heavy (non-hydrogen) atoms. The average molecular weight is 381 g/mol. The van der Waals surface area contributed by atoms with Crippen LogP contribution in [0.1, 0.15) is 52.9 Å². The van der Waals surface area contributed by atoms with Crippen molar-refractivity contribution >= 4 is 14.6 Å². The van der Waals surface area contributed by atoms with Gasteiger partial charge < -0.3 is 13.9 Å². The number of fused-ring (bicyclic) bond motifs is 1. The maximum absolute atomic E-state index is 11.2. The molecule has 1 saturated carbocycles. The zero-order valence-corrected chi connectivity index (χ0v) is 18.1. The highest BCUT2D eigenvalue weighted by atomic mass is 28.4. The summed E-state index contributed by atoms with van der Waals surface area (Å²) in [5.41, 5.74) is 0.963. The third-order valence-electron chi connectivity index (χ3n) is 7.04. The third kappa shape index (κ3) is 4.32. The van der Waals surface area contributed by atoms with Crippen molar-refractivity contribution in [3.8, 4) is 0 Å². The van der Waals surface area contributed by atoms with Crippen LogP contribution in [0.3, 0.4) is 0 Å². The molecule has 3 aliphatic rings. The minimum atomic E-state index is -1.80. The van der Waals surface area contributed by atoms with Crippen LogP contribution >= 0.6 is 0 Å². The normalized spacial score (nSPS) is 35.3. The summed E-state index contributed by atoms with van der Waals surface area (Å²) in [5.74, 6) is 1.29. The molecule has 0 amide bonds. The second-order valence-electron chi connectivity index (χ2n) is 9.83. The average Bonchev–Trinajstić information content (AvgIpc) is 3.10. The van der Waals surface area contributed by atoms with Crippen molar-refractivity contribution in [2.45, 2.75) is 83.4 Å². The van der Waals surface area contributed by atoms with Crippen molar-refractivity contribution in [1.29, 1.82) is 0 Å². The van der Waals surface area contributed by atoms with Crippen LogP contribution in [0.4, 0.5) is 0 Å². The quantitative estimate of drug-likeness (QED) is 0.495. The summed E-state index contributed by atoms with van der Waals surface area (Å²) in [6.07, 6.45) is 8.53. The van der Waals surface area contributed by atoms with Crippen molar-refractivity contribution in [2.24, 2.45) is 17.8 Å². The van der Waals surface area contributed by atoms with Gasteiger partial charge in [0.25, 0.3) is 0 Å². The minimum Gasteiger partial charge on any atom is -0.416 e. The highest BCUT2D eigenvalue weighted by Crippen LogP contribution is 2.49. The van der Waals surface area contributed by atoms with Crippen LogP contribution in [-0.2, 0) is 18.7 Å². The standard InChI is InChI=1S/C21H36O4Si/c1-21(2,3)26(4,5)24-14-18-17-11-15(13-22)10-16(17)12-19(18)25-20-8-6-7-9-23-20/h10,13,16-20H,6-9,11-12,14H2,1-5H3/t16-,17-,18+,19+,20?/m0/s1. The molecule has 1 unspecified atom stereocenters. The monoisotopic (exact) mass is 380 g/mol. The van der Waals surface area contributed by atoms with E-state index >= 15 is 0 Å². The van der Waals surface area contributed by atoms with Gasteiger partial charge in [0.2, 0.25) is 0 Å². The molecule has 5 atom stereocenters. The van der Waals surface area contributed by atoms with E-state index in [2.05, 4.69) is 39.9 Å². The summed E-state index contributed by atoms with van der Waals surface area (Å²) < 4.78 is 18.8.